The highest BCUT2D eigenvalue weighted by atomic mass is 16.5. The lowest BCUT2D eigenvalue weighted by Crippen LogP contribution is -2.33. The van der Waals surface area contributed by atoms with Crippen molar-refractivity contribution >= 4 is 17.3 Å². The number of carbonyl (C=O) groups is 1. The van der Waals surface area contributed by atoms with Crippen LogP contribution in [-0.4, -0.2) is 24.7 Å². The second-order valence-electron chi connectivity index (χ2n) is 5.48. The van der Waals surface area contributed by atoms with Crippen LogP contribution in [0.5, 0.6) is 0 Å². The zero-order chi connectivity index (χ0) is 14.5. The summed E-state index contributed by atoms with van der Waals surface area (Å²) >= 11 is 0. The van der Waals surface area contributed by atoms with Gasteiger partial charge in [0, 0.05) is 30.9 Å². The first-order chi connectivity index (χ1) is 9.58. The summed E-state index contributed by atoms with van der Waals surface area (Å²) in [5.41, 5.74) is 3.01. The minimum Gasteiger partial charge on any atom is -0.382 e. The maximum Gasteiger partial charge on any atom is 0.221 e. The number of benzene rings is 1. The molecule has 0 aliphatic carbocycles. The largest absolute Gasteiger partial charge is 0.382 e. The third-order valence-corrected chi connectivity index (χ3v) is 3.74. The fraction of sp³-hybridized carbons (Fsp3) is 0.562. The molecule has 0 radical (unpaired) electrons. The van der Waals surface area contributed by atoms with Gasteiger partial charge in [-0.1, -0.05) is 13.0 Å². The van der Waals surface area contributed by atoms with Crippen LogP contribution in [-0.2, 0) is 9.53 Å². The van der Waals surface area contributed by atoms with E-state index in [1.807, 2.05) is 19.1 Å². The van der Waals surface area contributed by atoms with Crippen LogP contribution >= 0.6 is 0 Å². The van der Waals surface area contributed by atoms with Crippen LogP contribution in [0, 0.1) is 6.92 Å². The lowest BCUT2D eigenvalue weighted by molar-refractivity contribution is -0.114. The Hall–Kier alpha value is -1.55. The predicted molar refractivity (Wildman–Crippen MR) is 82.2 cm³/mol. The second kappa shape index (κ2) is 6.75. The predicted octanol–water partition coefficient (Wildman–Crippen LogP) is 3.32. The fourth-order valence-corrected chi connectivity index (χ4v) is 2.57. The summed E-state index contributed by atoms with van der Waals surface area (Å²) in [6.45, 7) is 6.51. The van der Waals surface area contributed by atoms with Crippen molar-refractivity contribution in [2.45, 2.75) is 52.2 Å². The molecule has 1 aromatic carbocycles. The van der Waals surface area contributed by atoms with Crippen LogP contribution in [0.3, 0.4) is 0 Å². The number of ether oxygens (including phenoxy) is 1. The van der Waals surface area contributed by atoms with Gasteiger partial charge in [0.25, 0.3) is 0 Å². The average Bonchev–Trinajstić information content (AvgIpc) is 2.42. The third-order valence-electron chi connectivity index (χ3n) is 3.74. The van der Waals surface area contributed by atoms with Gasteiger partial charge in [0.2, 0.25) is 5.91 Å². The molecule has 20 heavy (non-hydrogen) atoms. The number of aryl methyl sites for hydroxylation is 1. The molecule has 2 unspecified atom stereocenters. The van der Waals surface area contributed by atoms with Crippen molar-refractivity contribution in [1.29, 1.82) is 0 Å². The normalized spacial score (nSPS) is 22.4. The number of rotatable bonds is 4. The Morgan fingerprint density at radius 3 is 2.95 bits per heavy atom. The highest BCUT2D eigenvalue weighted by molar-refractivity contribution is 5.90. The lowest BCUT2D eigenvalue weighted by Gasteiger charge is -2.30. The van der Waals surface area contributed by atoms with Gasteiger partial charge >= 0.3 is 0 Å². The Bertz CT molecular complexity index is 474. The summed E-state index contributed by atoms with van der Waals surface area (Å²) in [7, 11) is 0. The summed E-state index contributed by atoms with van der Waals surface area (Å²) in [6, 6.07) is 6.55. The summed E-state index contributed by atoms with van der Waals surface area (Å²) in [5.74, 6) is -0.0395. The van der Waals surface area contributed by atoms with Crippen LogP contribution < -0.4 is 10.6 Å². The van der Waals surface area contributed by atoms with Gasteiger partial charge in [0.1, 0.15) is 0 Å². The molecule has 2 N–H and O–H groups in total. The number of amides is 1. The van der Waals surface area contributed by atoms with E-state index in [2.05, 4.69) is 23.6 Å². The van der Waals surface area contributed by atoms with Crippen LogP contribution in [0.4, 0.5) is 11.4 Å². The highest BCUT2D eigenvalue weighted by Gasteiger charge is 2.21. The monoisotopic (exact) mass is 276 g/mol. The quantitative estimate of drug-likeness (QED) is 0.887. The van der Waals surface area contributed by atoms with Gasteiger partial charge in [-0.3, -0.25) is 4.79 Å². The van der Waals surface area contributed by atoms with Gasteiger partial charge in [-0.15, -0.1) is 0 Å². The van der Waals surface area contributed by atoms with Crippen LogP contribution in [0.1, 0.15) is 38.7 Å². The molecular weight excluding hydrogens is 252 g/mol. The van der Waals surface area contributed by atoms with E-state index in [-0.39, 0.29) is 5.91 Å². The minimum atomic E-state index is -0.0395. The molecule has 1 aliphatic rings. The SMILES string of the molecule is CCC1CC(Nc2ccc(C)c(NC(C)=O)c2)CCO1. The number of nitrogens with one attached hydrogen (secondary N) is 2. The van der Waals surface area contributed by atoms with Crippen molar-refractivity contribution in [2.75, 3.05) is 17.2 Å². The highest BCUT2D eigenvalue weighted by Crippen LogP contribution is 2.24. The van der Waals surface area contributed by atoms with E-state index in [9.17, 15) is 4.79 Å². The summed E-state index contributed by atoms with van der Waals surface area (Å²) in [5, 5.41) is 6.42. The molecule has 2 atom stereocenters. The maximum atomic E-state index is 11.2. The lowest BCUT2D eigenvalue weighted by atomic mass is 10.0. The maximum absolute atomic E-state index is 11.2. The van der Waals surface area contributed by atoms with E-state index < -0.39 is 0 Å². The van der Waals surface area contributed by atoms with Gasteiger partial charge in [0.05, 0.1) is 6.10 Å². The van der Waals surface area contributed by atoms with Crippen LogP contribution in [0.15, 0.2) is 18.2 Å². The van der Waals surface area contributed by atoms with E-state index in [4.69, 9.17) is 4.74 Å². The second-order valence-corrected chi connectivity index (χ2v) is 5.48. The Balaban J connectivity index is 2.03. The van der Waals surface area contributed by atoms with Gasteiger partial charge in [-0.2, -0.15) is 0 Å². The smallest absolute Gasteiger partial charge is 0.221 e. The Kier molecular flexibility index (Phi) is 5.01. The average molecular weight is 276 g/mol. The molecule has 0 spiro atoms. The molecule has 0 saturated carbocycles. The summed E-state index contributed by atoms with van der Waals surface area (Å²) in [6.07, 6.45) is 3.49. The molecule has 2 rings (SSSR count). The summed E-state index contributed by atoms with van der Waals surface area (Å²) in [4.78, 5) is 11.2. The van der Waals surface area contributed by atoms with Crippen molar-refractivity contribution in [3.63, 3.8) is 0 Å². The van der Waals surface area contributed by atoms with E-state index in [0.717, 1.165) is 42.8 Å². The van der Waals surface area contributed by atoms with Gasteiger partial charge in [-0.05, 0) is 43.9 Å². The molecule has 0 bridgehead atoms. The van der Waals surface area contributed by atoms with Crippen molar-refractivity contribution in [2.24, 2.45) is 0 Å². The van der Waals surface area contributed by atoms with Crippen molar-refractivity contribution in [3.05, 3.63) is 23.8 Å². The van der Waals surface area contributed by atoms with E-state index >= 15 is 0 Å². The number of carbonyl (C=O) groups excluding carboxylic acids is 1. The molecule has 110 valence electrons. The van der Waals surface area contributed by atoms with Gasteiger partial charge < -0.3 is 15.4 Å². The third kappa shape index (κ3) is 3.97. The number of hydrogen-bond acceptors (Lipinski definition) is 3. The summed E-state index contributed by atoms with van der Waals surface area (Å²) < 4.78 is 5.69. The molecule has 4 heteroatoms. The first kappa shape index (κ1) is 14.9. The molecule has 0 aromatic heterocycles. The van der Waals surface area contributed by atoms with Gasteiger partial charge in [0.15, 0.2) is 0 Å². The first-order valence-electron chi connectivity index (χ1n) is 7.35. The first-order valence-corrected chi connectivity index (χ1v) is 7.35. The standard InChI is InChI=1S/C16H24N2O2/c1-4-15-9-14(7-8-20-15)18-13-6-5-11(2)16(10-13)17-12(3)19/h5-6,10,14-15,18H,4,7-9H2,1-3H3,(H,17,19). The zero-order valence-corrected chi connectivity index (χ0v) is 12.5. The van der Waals surface area contributed by atoms with E-state index in [1.54, 1.807) is 0 Å². The van der Waals surface area contributed by atoms with E-state index in [1.165, 1.54) is 6.92 Å². The number of anilines is 2. The molecule has 1 fully saturated rings. The van der Waals surface area contributed by atoms with E-state index in [0.29, 0.717) is 12.1 Å². The molecule has 1 aliphatic heterocycles. The minimum absolute atomic E-state index is 0.0395. The Morgan fingerprint density at radius 2 is 2.25 bits per heavy atom. The van der Waals surface area contributed by atoms with Crippen molar-refractivity contribution < 1.29 is 9.53 Å². The van der Waals surface area contributed by atoms with Crippen molar-refractivity contribution in [3.8, 4) is 0 Å². The Labute approximate surface area is 120 Å². The topological polar surface area (TPSA) is 50.4 Å². The molecule has 1 aromatic rings. The Morgan fingerprint density at radius 1 is 1.45 bits per heavy atom. The number of hydrogen-bond donors (Lipinski definition) is 2. The molecule has 1 saturated heterocycles. The molecule has 1 amide bonds. The fourth-order valence-electron chi connectivity index (χ4n) is 2.57. The molecular formula is C16H24N2O2. The van der Waals surface area contributed by atoms with Gasteiger partial charge in [-0.25, -0.2) is 0 Å². The molecule has 4 nitrogen and oxygen atoms in total. The van der Waals surface area contributed by atoms with Crippen molar-refractivity contribution in [1.82, 2.24) is 0 Å². The van der Waals surface area contributed by atoms with Crippen LogP contribution in [0.2, 0.25) is 0 Å². The molecule has 1 heterocycles. The zero-order valence-electron chi connectivity index (χ0n) is 12.5. The van der Waals surface area contributed by atoms with Crippen LogP contribution in [0.25, 0.3) is 0 Å².